The molecule has 0 bridgehead atoms. The van der Waals surface area contributed by atoms with Gasteiger partial charge in [0.1, 0.15) is 11.0 Å². The fourth-order valence-electron chi connectivity index (χ4n) is 1.36. The van der Waals surface area contributed by atoms with Crippen LogP contribution in [0.2, 0.25) is 5.15 Å². The Balaban J connectivity index is 2.92. The van der Waals surface area contributed by atoms with Crippen LogP contribution in [0.4, 0.5) is 19.0 Å². The van der Waals surface area contributed by atoms with Crippen LogP contribution in [0.3, 0.4) is 0 Å². The predicted octanol–water partition coefficient (Wildman–Crippen LogP) is 2.72. The van der Waals surface area contributed by atoms with Gasteiger partial charge in [0.2, 0.25) is 5.82 Å². The summed E-state index contributed by atoms with van der Waals surface area (Å²) in [5.41, 5.74) is 0. The van der Waals surface area contributed by atoms with Crippen molar-refractivity contribution in [3.8, 4) is 0 Å². The highest BCUT2D eigenvalue weighted by molar-refractivity contribution is 6.29. The molecule has 4 nitrogen and oxygen atoms in total. The van der Waals surface area contributed by atoms with E-state index in [9.17, 15) is 13.2 Å². The number of aromatic nitrogens is 2. The van der Waals surface area contributed by atoms with Gasteiger partial charge in [-0.1, -0.05) is 18.5 Å². The van der Waals surface area contributed by atoms with Crippen LogP contribution in [0.5, 0.6) is 0 Å². The number of nitrogens with one attached hydrogen (secondary N) is 1. The third-order valence-electron chi connectivity index (χ3n) is 2.27. The minimum absolute atomic E-state index is 0.00243. The second-order valence-corrected chi connectivity index (χ2v) is 4.05. The molecule has 0 aliphatic carbocycles. The maximum atomic E-state index is 12.5. The first-order valence-electron chi connectivity index (χ1n) is 5.36. The summed E-state index contributed by atoms with van der Waals surface area (Å²) in [4.78, 5) is 6.49. The molecule has 1 aromatic heterocycles. The zero-order valence-electron chi connectivity index (χ0n) is 9.63. The van der Waals surface area contributed by atoms with Gasteiger partial charge in [-0.05, 0) is 12.8 Å². The summed E-state index contributed by atoms with van der Waals surface area (Å²) >= 11 is 5.52. The van der Waals surface area contributed by atoms with Crippen LogP contribution in [0.25, 0.3) is 0 Å². The summed E-state index contributed by atoms with van der Waals surface area (Å²) in [7, 11) is 0. The Morgan fingerprint density at radius 3 is 2.61 bits per heavy atom. The first-order chi connectivity index (χ1) is 8.36. The van der Waals surface area contributed by atoms with E-state index in [0.29, 0.717) is 12.8 Å². The maximum absolute atomic E-state index is 12.5. The Labute approximate surface area is 107 Å². The molecule has 0 aromatic carbocycles. The normalized spacial score (nSPS) is 13.4. The minimum atomic E-state index is -4.64. The number of aliphatic hydroxyl groups excluding tert-OH is 1. The van der Waals surface area contributed by atoms with Gasteiger partial charge in [0.15, 0.2) is 0 Å². The van der Waals surface area contributed by atoms with Gasteiger partial charge in [-0.15, -0.1) is 0 Å². The fourth-order valence-corrected chi connectivity index (χ4v) is 1.55. The molecule has 0 fully saturated rings. The molecule has 1 unspecified atom stereocenters. The quantitative estimate of drug-likeness (QED) is 0.816. The van der Waals surface area contributed by atoms with Crippen molar-refractivity contribution in [2.45, 2.75) is 32.0 Å². The van der Waals surface area contributed by atoms with Gasteiger partial charge in [-0.25, -0.2) is 9.97 Å². The molecule has 8 heteroatoms. The third kappa shape index (κ3) is 4.30. The fraction of sp³-hybridized carbons (Fsp3) is 0.600. The molecule has 1 aromatic rings. The van der Waals surface area contributed by atoms with Crippen LogP contribution in [0.1, 0.15) is 25.6 Å². The smallest absolute Gasteiger partial charge is 0.396 e. The molecule has 0 spiro atoms. The molecule has 0 aliphatic heterocycles. The van der Waals surface area contributed by atoms with Crippen molar-refractivity contribution < 1.29 is 18.3 Å². The topological polar surface area (TPSA) is 58.0 Å². The lowest BCUT2D eigenvalue weighted by atomic mass is 10.1. The molecule has 0 amide bonds. The summed E-state index contributed by atoms with van der Waals surface area (Å²) in [6.45, 7) is 1.79. The van der Waals surface area contributed by atoms with Crippen molar-refractivity contribution in [1.29, 1.82) is 0 Å². The van der Waals surface area contributed by atoms with E-state index in [0.717, 1.165) is 0 Å². The number of nitrogens with zero attached hydrogens (tertiary/aromatic N) is 2. The monoisotopic (exact) mass is 283 g/mol. The average molecular weight is 284 g/mol. The van der Waals surface area contributed by atoms with E-state index < -0.39 is 12.0 Å². The van der Waals surface area contributed by atoms with Crippen molar-refractivity contribution in [2.24, 2.45) is 0 Å². The van der Waals surface area contributed by atoms with Crippen LogP contribution >= 0.6 is 11.6 Å². The maximum Gasteiger partial charge on any atom is 0.451 e. The Bertz CT molecular complexity index is 400. The molecule has 0 aliphatic rings. The van der Waals surface area contributed by atoms with Gasteiger partial charge in [0, 0.05) is 18.7 Å². The van der Waals surface area contributed by atoms with E-state index in [-0.39, 0.29) is 23.6 Å². The predicted molar refractivity (Wildman–Crippen MR) is 61.4 cm³/mol. The zero-order valence-corrected chi connectivity index (χ0v) is 10.4. The molecular formula is C10H13ClF3N3O. The van der Waals surface area contributed by atoms with Gasteiger partial charge in [-0.2, -0.15) is 13.2 Å². The number of aliphatic hydroxyl groups is 1. The Morgan fingerprint density at radius 2 is 2.11 bits per heavy atom. The number of hydrogen-bond acceptors (Lipinski definition) is 4. The second-order valence-electron chi connectivity index (χ2n) is 3.66. The van der Waals surface area contributed by atoms with Crippen LogP contribution in [0.15, 0.2) is 6.07 Å². The molecule has 102 valence electrons. The van der Waals surface area contributed by atoms with Crippen molar-refractivity contribution in [1.82, 2.24) is 9.97 Å². The number of anilines is 1. The van der Waals surface area contributed by atoms with Crippen LogP contribution in [-0.2, 0) is 6.18 Å². The standard InChI is InChI=1S/C10H13ClF3N3O/c1-2-6(3-4-18)15-8-5-7(11)16-9(17-8)10(12,13)14/h5-6,18H,2-4H2,1H3,(H,15,16,17). The van der Waals surface area contributed by atoms with Crippen LogP contribution < -0.4 is 5.32 Å². The average Bonchev–Trinajstić information content (AvgIpc) is 2.26. The lowest BCUT2D eigenvalue weighted by molar-refractivity contribution is -0.144. The summed E-state index contributed by atoms with van der Waals surface area (Å²) in [5, 5.41) is 11.3. The molecule has 0 saturated heterocycles. The van der Waals surface area contributed by atoms with Gasteiger partial charge in [0.05, 0.1) is 0 Å². The molecule has 1 rings (SSSR count). The number of halogens is 4. The van der Waals surface area contributed by atoms with E-state index in [4.69, 9.17) is 16.7 Å². The van der Waals surface area contributed by atoms with E-state index in [1.54, 1.807) is 0 Å². The van der Waals surface area contributed by atoms with E-state index in [1.807, 2.05) is 6.92 Å². The van der Waals surface area contributed by atoms with E-state index in [2.05, 4.69) is 15.3 Å². The van der Waals surface area contributed by atoms with Gasteiger partial charge in [0.25, 0.3) is 0 Å². The van der Waals surface area contributed by atoms with Crippen molar-refractivity contribution in [2.75, 3.05) is 11.9 Å². The first-order valence-corrected chi connectivity index (χ1v) is 5.73. The largest absolute Gasteiger partial charge is 0.451 e. The van der Waals surface area contributed by atoms with Crippen molar-refractivity contribution in [3.05, 3.63) is 17.0 Å². The third-order valence-corrected chi connectivity index (χ3v) is 2.46. The first kappa shape index (κ1) is 15.0. The minimum Gasteiger partial charge on any atom is -0.396 e. The highest BCUT2D eigenvalue weighted by atomic mass is 35.5. The molecule has 1 atom stereocenters. The summed E-state index contributed by atoms with van der Waals surface area (Å²) in [5.74, 6) is -1.28. The van der Waals surface area contributed by atoms with Gasteiger partial charge >= 0.3 is 6.18 Å². The van der Waals surface area contributed by atoms with Crippen LogP contribution in [-0.4, -0.2) is 27.7 Å². The summed E-state index contributed by atoms with van der Waals surface area (Å²) in [6.07, 6.45) is -3.58. The Morgan fingerprint density at radius 1 is 1.44 bits per heavy atom. The highest BCUT2D eigenvalue weighted by Gasteiger charge is 2.35. The van der Waals surface area contributed by atoms with Gasteiger partial charge < -0.3 is 10.4 Å². The summed E-state index contributed by atoms with van der Waals surface area (Å²) in [6, 6.07) is 1.05. The van der Waals surface area contributed by atoms with E-state index >= 15 is 0 Å². The molecule has 18 heavy (non-hydrogen) atoms. The summed E-state index contributed by atoms with van der Waals surface area (Å²) < 4.78 is 37.4. The molecule has 2 N–H and O–H groups in total. The number of rotatable bonds is 5. The molecule has 0 saturated carbocycles. The zero-order chi connectivity index (χ0) is 13.8. The Kier molecular flexibility index (Phi) is 5.15. The number of alkyl halides is 3. The SMILES string of the molecule is CCC(CCO)Nc1cc(Cl)nc(C(F)(F)F)n1. The highest BCUT2D eigenvalue weighted by Crippen LogP contribution is 2.28. The lowest BCUT2D eigenvalue weighted by Gasteiger charge is -2.17. The lowest BCUT2D eigenvalue weighted by Crippen LogP contribution is -2.22. The van der Waals surface area contributed by atoms with Gasteiger partial charge in [-0.3, -0.25) is 0 Å². The van der Waals surface area contributed by atoms with Crippen molar-refractivity contribution >= 4 is 17.4 Å². The molecule has 1 heterocycles. The Hall–Kier alpha value is -1.08. The molecule has 0 radical (unpaired) electrons. The van der Waals surface area contributed by atoms with Crippen LogP contribution in [0, 0.1) is 0 Å². The molecular weight excluding hydrogens is 271 g/mol. The van der Waals surface area contributed by atoms with Crippen molar-refractivity contribution in [3.63, 3.8) is 0 Å². The number of hydrogen-bond donors (Lipinski definition) is 2. The van der Waals surface area contributed by atoms with E-state index in [1.165, 1.54) is 6.07 Å². The second kappa shape index (κ2) is 6.19.